The van der Waals surface area contributed by atoms with Gasteiger partial charge in [0.25, 0.3) is 0 Å². The Hall–Kier alpha value is -2.23. The summed E-state index contributed by atoms with van der Waals surface area (Å²) < 4.78 is 11.8. The summed E-state index contributed by atoms with van der Waals surface area (Å²) in [5.74, 6) is 1.93. The molecule has 27 heavy (non-hydrogen) atoms. The summed E-state index contributed by atoms with van der Waals surface area (Å²) >= 11 is 0. The maximum atomic E-state index is 12.6. The van der Waals surface area contributed by atoms with Crippen LogP contribution in [-0.2, 0) is 4.79 Å². The number of rotatable bonds is 8. The van der Waals surface area contributed by atoms with Crippen molar-refractivity contribution in [1.82, 2.24) is 5.32 Å². The summed E-state index contributed by atoms with van der Waals surface area (Å²) in [4.78, 5) is 12.6. The molecule has 1 saturated carbocycles. The Morgan fingerprint density at radius 1 is 1.19 bits per heavy atom. The highest BCUT2D eigenvalue weighted by molar-refractivity contribution is 5.84. The number of carbonyl (C=O) groups excluding carboxylic acids is 1. The zero-order valence-corrected chi connectivity index (χ0v) is 16.3. The number of benzene rings is 1. The van der Waals surface area contributed by atoms with E-state index in [4.69, 9.17) is 9.47 Å². The molecule has 1 amide bonds. The van der Waals surface area contributed by atoms with Gasteiger partial charge in [-0.25, -0.2) is 0 Å². The second kappa shape index (κ2) is 8.64. The number of hydrogen-bond acceptors (Lipinski definition) is 3. The summed E-state index contributed by atoms with van der Waals surface area (Å²) in [6.07, 6.45) is 10.7. The number of ether oxygens (including phenoxy) is 2. The number of amides is 1. The molecule has 1 aliphatic carbocycles. The predicted octanol–water partition coefficient (Wildman–Crippen LogP) is 4.76. The lowest BCUT2D eigenvalue weighted by molar-refractivity contribution is -0.133. The van der Waals surface area contributed by atoms with Gasteiger partial charge in [0.1, 0.15) is 0 Å². The fourth-order valence-electron chi connectivity index (χ4n) is 4.49. The minimum atomic E-state index is -0.460. The molecule has 1 saturated heterocycles. The molecule has 146 valence electrons. The molecule has 0 aromatic heterocycles. The van der Waals surface area contributed by atoms with Crippen LogP contribution in [0.3, 0.4) is 0 Å². The lowest BCUT2D eigenvalue weighted by Crippen LogP contribution is -2.48. The van der Waals surface area contributed by atoms with E-state index in [2.05, 4.69) is 30.6 Å². The molecule has 4 heteroatoms. The Kier molecular flexibility index (Phi) is 6.25. The first kappa shape index (κ1) is 19.5. The monoisotopic (exact) mass is 369 g/mol. The quantitative estimate of drug-likeness (QED) is 0.672. The van der Waals surface area contributed by atoms with E-state index in [9.17, 15) is 4.79 Å². The van der Waals surface area contributed by atoms with Crippen LogP contribution in [0.25, 0.3) is 0 Å². The van der Waals surface area contributed by atoms with Crippen molar-refractivity contribution in [1.29, 1.82) is 0 Å². The molecule has 1 aliphatic heterocycles. The van der Waals surface area contributed by atoms with Gasteiger partial charge in [-0.1, -0.05) is 18.2 Å². The van der Waals surface area contributed by atoms with Crippen LogP contribution in [0.5, 0.6) is 11.5 Å². The molecule has 2 fully saturated rings. The average Bonchev–Trinajstić information content (AvgIpc) is 3.17. The minimum Gasteiger partial charge on any atom is -0.493 e. The SMILES string of the molecule is C=CCC1(CC=C)C[C@@H](c2ccc(OC)c(OC3CCCC3)c2)CNC1=O. The zero-order chi connectivity index (χ0) is 19.3. The second-order valence-corrected chi connectivity index (χ2v) is 7.81. The number of carbonyl (C=O) groups is 1. The zero-order valence-electron chi connectivity index (χ0n) is 16.3. The van der Waals surface area contributed by atoms with E-state index in [1.165, 1.54) is 18.4 Å². The summed E-state index contributed by atoms with van der Waals surface area (Å²) in [6, 6.07) is 6.18. The normalized spacial score (nSPS) is 22.1. The predicted molar refractivity (Wildman–Crippen MR) is 108 cm³/mol. The van der Waals surface area contributed by atoms with Gasteiger partial charge in [-0.3, -0.25) is 4.79 Å². The molecule has 0 spiro atoms. The fraction of sp³-hybridized carbons (Fsp3) is 0.522. The number of hydrogen-bond donors (Lipinski definition) is 1. The highest BCUT2D eigenvalue weighted by Crippen LogP contribution is 2.43. The first-order chi connectivity index (χ1) is 13.1. The van der Waals surface area contributed by atoms with E-state index in [1.54, 1.807) is 7.11 Å². The van der Waals surface area contributed by atoms with Crippen molar-refractivity contribution >= 4 is 5.91 Å². The first-order valence-electron chi connectivity index (χ1n) is 9.96. The molecule has 2 aliphatic rings. The summed E-state index contributed by atoms with van der Waals surface area (Å²) in [7, 11) is 1.68. The van der Waals surface area contributed by atoms with E-state index in [0.29, 0.717) is 19.4 Å². The van der Waals surface area contributed by atoms with Crippen LogP contribution in [0.15, 0.2) is 43.5 Å². The van der Waals surface area contributed by atoms with Crippen LogP contribution in [-0.4, -0.2) is 25.7 Å². The first-order valence-corrected chi connectivity index (χ1v) is 9.96. The van der Waals surface area contributed by atoms with Crippen LogP contribution >= 0.6 is 0 Å². The molecule has 0 radical (unpaired) electrons. The van der Waals surface area contributed by atoms with E-state index in [-0.39, 0.29) is 17.9 Å². The molecule has 1 heterocycles. The van der Waals surface area contributed by atoms with E-state index in [0.717, 1.165) is 30.8 Å². The average molecular weight is 370 g/mol. The fourth-order valence-corrected chi connectivity index (χ4v) is 4.49. The molecular formula is C23H31NO3. The molecular weight excluding hydrogens is 338 g/mol. The topological polar surface area (TPSA) is 47.6 Å². The molecule has 1 atom stereocenters. The van der Waals surface area contributed by atoms with Crippen LogP contribution in [0, 0.1) is 5.41 Å². The van der Waals surface area contributed by atoms with Gasteiger partial charge in [-0.2, -0.15) is 0 Å². The molecule has 0 bridgehead atoms. The van der Waals surface area contributed by atoms with E-state index < -0.39 is 5.41 Å². The molecule has 1 N–H and O–H groups in total. The number of nitrogens with one attached hydrogen (secondary N) is 1. The Labute approximate surface area is 162 Å². The van der Waals surface area contributed by atoms with Crippen LogP contribution in [0.4, 0.5) is 0 Å². The second-order valence-electron chi connectivity index (χ2n) is 7.81. The highest BCUT2D eigenvalue weighted by atomic mass is 16.5. The van der Waals surface area contributed by atoms with Gasteiger partial charge in [-0.05, 0) is 62.6 Å². The van der Waals surface area contributed by atoms with Gasteiger partial charge in [-0.15, -0.1) is 13.2 Å². The van der Waals surface area contributed by atoms with Gasteiger partial charge < -0.3 is 14.8 Å². The van der Waals surface area contributed by atoms with Crippen molar-refractivity contribution in [2.75, 3.05) is 13.7 Å². The molecule has 1 aromatic rings. The molecule has 4 nitrogen and oxygen atoms in total. The van der Waals surface area contributed by atoms with Crippen molar-refractivity contribution in [3.05, 3.63) is 49.1 Å². The minimum absolute atomic E-state index is 0.106. The maximum absolute atomic E-state index is 12.6. The third kappa shape index (κ3) is 4.20. The van der Waals surface area contributed by atoms with Crippen LogP contribution in [0.2, 0.25) is 0 Å². The van der Waals surface area contributed by atoms with Crippen molar-refractivity contribution in [3.63, 3.8) is 0 Å². The smallest absolute Gasteiger partial charge is 0.226 e. The summed E-state index contributed by atoms with van der Waals surface area (Å²) in [6.45, 7) is 8.36. The lowest BCUT2D eigenvalue weighted by Gasteiger charge is -2.39. The van der Waals surface area contributed by atoms with Crippen molar-refractivity contribution in [3.8, 4) is 11.5 Å². The Bertz CT molecular complexity index is 681. The van der Waals surface area contributed by atoms with E-state index >= 15 is 0 Å². The van der Waals surface area contributed by atoms with Gasteiger partial charge in [0.15, 0.2) is 11.5 Å². The van der Waals surface area contributed by atoms with Gasteiger partial charge in [0, 0.05) is 12.5 Å². The number of allylic oxidation sites excluding steroid dienone is 2. The number of methoxy groups -OCH3 is 1. The van der Waals surface area contributed by atoms with Crippen molar-refractivity contribution < 1.29 is 14.3 Å². The van der Waals surface area contributed by atoms with Crippen LogP contribution < -0.4 is 14.8 Å². The molecule has 3 rings (SSSR count). The summed E-state index contributed by atoms with van der Waals surface area (Å²) in [5.41, 5.74) is 0.722. The molecule has 1 aromatic carbocycles. The van der Waals surface area contributed by atoms with Crippen molar-refractivity contribution in [2.45, 2.75) is 57.0 Å². The molecule has 0 unspecified atom stereocenters. The Morgan fingerprint density at radius 3 is 2.52 bits per heavy atom. The van der Waals surface area contributed by atoms with E-state index in [1.807, 2.05) is 18.2 Å². The Balaban J connectivity index is 1.85. The summed E-state index contributed by atoms with van der Waals surface area (Å²) in [5, 5.41) is 3.11. The van der Waals surface area contributed by atoms with Crippen molar-refractivity contribution in [2.24, 2.45) is 5.41 Å². The number of piperidine rings is 1. The highest BCUT2D eigenvalue weighted by Gasteiger charge is 2.42. The van der Waals surface area contributed by atoms with Gasteiger partial charge >= 0.3 is 0 Å². The lowest BCUT2D eigenvalue weighted by atomic mass is 9.69. The van der Waals surface area contributed by atoms with Gasteiger partial charge in [0.2, 0.25) is 5.91 Å². The van der Waals surface area contributed by atoms with Gasteiger partial charge in [0.05, 0.1) is 18.6 Å². The van der Waals surface area contributed by atoms with Crippen LogP contribution in [0.1, 0.15) is 56.4 Å². The Morgan fingerprint density at radius 2 is 1.89 bits per heavy atom. The standard InChI is InChI=1S/C23H31NO3/c1-4-12-23(13-5-2)15-18(16-24-22(23)25)17-10-11-20(26-3)21(14-17)27-19-8-6-7-9-19/h4-5,10-11,14,18-19H,1-2,6-9,12-13,15-16H2,3H3,(H,24,25)/t18-/m1/s1. The maximum Gasteiger partial charge on any atom is 0.226 e. The largest absolute Gasteiger partial charge is 0.493 e. The third-order valence-corrected chi connectivity index (χ3v) is 5.95. The third-order valence-electron chi connectivity index (χ3n) is 5.95.